The van der Waals surface area contributed by atoms with Crippen LogP contribution in [-0.2, 0) is 0 Å². The van der Waals surface area contributed by atoms with Gasteiger partial charge in [-0.25, -0.2) is 0 Å². The summed E-state index contributed by atoms with van der Waals surface area (Å²) >= 11 is 6.57. The second kappa shape index (κ2) is 10.1. The van der Waals surface area contributed by atoms with E-state index in [2.05, 4.69) is 32.9 Å². The van der Waals surface area contributed by atoms with Crippen LogP contribution in [0, 0.1) is 13.8 Å². The number of rotatable bonds is 10. The van der Waals surface area contributed by atoms with Gasteiger partial charge in [-0.3, -0.25) is 0 Å². The predicted molar refractivity (Wildman–Crippen MR) is 93.7 cm³/mol. The molecular formula is C19H31ClO. The number of halogens is 1. The summed E-state index contributed by atoms with van der Waals surface area (Å²) in [5.74, 6) is 0.985. The lowest BCUT2D eigenvalue weighted by molar-refractivity contribution is 0.408. The van der Waals surface area contributed by atoms with E-state index in [-0.39, 0.29) is 5.38 Å². The number of unbranched alkanes of at least 4 members (excludes halogenated alkanes) is 6. The smallest absolute Gasteiger partial charge is 0.124 e. The maximum atomic E-state index is 6.57. The molecule has 1 aromatic rings. The highest BCUT2D eigenvalue weighted by atomic mass is 35.5. The molecule has 0 aliphatic rings. The van der Waals surface area contributed by atoms with Gasteiger partial charge in [0.05, 0.1) is 12.5 Å². The number of hydrogen-bond donors (Lipinski definition) is 0. The second-order valence-corrected chi connectivity index (χ2v) is 6.59. The van der Waals surface area contributed by atoms with Gasteiger partial charge >= 0.3 is 0 Å². The molecule has 1 unspecified atom stereocenters. The molecule has 1 nitrogen and oxygen atoms in total. The van der Waals surface area contributed by atoms with Crippen molar-refractivity contribution in [2.45, 2.75) is 77.5 Å². The lowest BCUT2D eigenvalue weighted by Gasteiger charge is -2.15. The summed E-state index contributed by atoms with van der Waals surface area (Å²) in [5.41, 5.74) is 3.59. The van der Waals surface area contributed by atoms with E-state index >= 15 is 0 Å². The lowest BCUT2D eigenvalue weighted by atomic mass is 9.99. The Morgan fingerprint density at radius 2 is 1.48 bits per heavy atom. The van der Waals surface area contributed by atoms with Crippen molar-refractivity contribution in [2.75, 3.05) is 7.11 Å². The van der Waals surface area contributed by atoms with Crippen LogP contribution in [0.1, 0.15) is 80.4 Å². The highest BCUT2D eigenvalue weighted by Gasteiger charge is 2.12. The summed E-state index contributed by atoms with van der Waals surface area (Å²) in [6, 6.07) is 4.34. The van der Waals surface area contributed by atoms with Crippen LogP contribution in [0.2, 0.25) is 0 Å². The lowest BCUT2D eigenvalue weighted by Crippen LogP contribution is -1.97. The van der Waals surface area contributed by atoms with Crippen LogP contribution < -0.4 is 4.74 Å². The van der Waals surface area contributed by atoms with E-state index in [1.165, 1.54) is 61.6 Å². The maximum absolute atomic E-state index is 6.57. The van der Waals surface area contributed by atoms with Gasteiger partial charge in [-0.1, -0.05) is 64.0 Å². The molecule has 1 atom stereocenters. The predicted octanol–water partition coefficient (Wildman–Crippen LogP) is 6.73. The summed E-state index contributed by atoms with van der Waals surface area (Å²) < 4.78 is 5.41. The fourth-order valence-corrected chi connectivity index (χ4v) is 3.21. The van der Waals surface area contributed by atoms with Crippen LogP contribution in [0.25, 0.3) is 0 Å². The third-order valence-electron chi connectivity index (χ3n) is 4.11. The van der Waals surface area contributed by atoms with E-state index in [0.717, 1.165) is 12.2 Å². The monoisotopic (exact) mass is 310 g/mol. The standard InChI is InChI=1S/C19H31ClO/c1-5-6-7-8-9-10-11-12-18(20)17-13-15(2)19(21-4)16(3)14-17/h13-14,18H,5-12H2,1-4H3. The summed E-state index contributed by atoms with van der Waals surface area (Å²) in [6.45, 7) is 6.44. The van der Waals surface area contributed by atoms with Crippen LogP contribution in [0.5, 0.6) is 5.75 Å². The van der Waals surface area contributed by atoms with Crippen molar-refractivity contribution in [1.82, 2.24) is 0 Å². The van der Waals surface area contributed by atoms with Crippen molar-refractivity contribution in [3.8, 4) is 5.75 Å². The Morgan fingerprint density at radius 3 is 2.00 bits per heavy atom. The van der Waals surface area contributed by atoms with Gasteiger partial charge in [0.1, 0.15) is 5.75 Å². The Morgan fingerprint density at radius 1 is 0.952 bits per heavy atom. The topological polar surface area (TPSA) is 9.23 Å². The number of benzene rings is 1. The Bertz CT molecular complexity index is 391. The molecule has 0 radical (unpaired) electrons. The zero-order valence-electron chi connectivity index (χ0n) is 14.2. The van der Waals surface area contributed by atoms with Crippen molar-refractivity contribution >= 4 is 11.6 Å². The number of ether oxygens (including phenoxy) is 1. The SMILES string of the molecule is CCCCCCCCCC(Cl)c1cc(C)c(OC)c(C)c1. The summed E-state index contributed by atoms with van der Waals surface area (Å²) in [7, 11) is 1.73. The van der Waals surface area contributed by atoms with Gasteiger partial charge in [0, 0.05) is 0 Å². The molecule has 0 aliphatic heterocycles. The maximum Gasteiger partial charge on any atom is 0.124 e. The van der Waals surface area contributed by atoms with Crippen molar-refractivity contribution in [1.29, 1.82) is 0 Å². The van der Waals surface area contributed by atoms with Crippen LogP contribution in [0.15, 0.2) is 12.1 Å². The Balaban J connectivity index is 2.37. The van der Waals surface area contributed by atoms with Crippen LogP contribution in [0.4, 0.5) is 0 Å². The molecule has 0 fully saturated rings. The zero-order valence-corrected chi connectivity index (χ0v) is 14.9. The first-order chi connectivity index (χ1) is 10.1. The van der Waals surface area contributed by atoms with Crippen LogP contribution in [0.3, 0.4) is 0 Å². The molecule has 21 heavy (non-hydrogen) atoms. The molecule has 0 bridgehead atoms. The van der Waals surface area contributed by atoms with E-state index in [0.29, 0.717) is 0 Å². The average molecular weight is 311 g/mol. The first-order valence-electron chi connectivity index (χ1n) is 8.39. The minimum Gasteiger partial charge on any atom is -0.496 e. The van der Waals surface area contributed by atoms with Crippen LogP contribution >= 0.6 is 11.6 Å². The highest BCUT2D eigenvalue weighted by Crippen LogP contribution is 2.32. The Kier molecular flexibility index (Phi) is 8.84. The van der Waals surface area contributed by atoms with Gasteiger partial charge in [0.25, 0.3) is 0 Å². The van der Waals surface area contributed by atoms with Gasteiger partial charge in [-0.2, -0.15) is 0 Å². The van der Waals surface area contributed by atoms with Gasteiger partial charge in [-0.15, -0.1) is 11.6 Å². The number of hydrogen-bond acceptors (Lipinski definition) is 1. The minimum atomic E-state index is 0.129. The fourth-order valence-electron chi connectivity index (χ4n) is 2.93. The van der Waals surface area contributed by atoms with Crippen molar-refractivity contribution in [2.24, 2.45) is 0 Å². The molecule has 0 spiro atoms. The van der Waals surface area contributed by atoms with Gasteiger partial charge in [-0.05, 0) is 37.0 Å². The molecule has 120 valence electrons. The summed E-state index contributed by atoms with van der Waals surface area (Å²) in [4.78, 5) is 0. The molecule has 0 aromatic heterocycles. The number of alkyl halides is 1. The largest absolute Gasteiger partial charge is 0.496 e. The van der Waals surface area contributed by atoms with Gasteiger partial charge < -0.3 is 4.74 Å². The van der Waals surface area contributed by atoms with E-state index in [1.54, 1.807) is 7.11 Å². The molecule has 0 aliphatic carbocycles. The third kappa shape index (κ3) is 6.30. The normalized spacial score (nSPS) is 12.4. The molecule has 0 saturated carbocycles. The van der Waals surface area contributed by atoms with Crippen molar-refractivity contribution in [3.63, 3.8) is 0 Å². The highest BCUT2D eigenvalue weighted by molar-refractivity contribution is 6.20. The number of methoxy groups -OCH3 is 1. The molecular weight excluding hydrogens is 280 g/mol. The molecule has 1 rings (SSSR count). The number of aryl methyl sites for hydroxylation is 2. The quantitative estimate of drug-likeness (QED) is 0.344. The average Bonchev–Trinajstić information content (AvgIpc) is 2.45. The Hall–Kier alpha value is -0.690. The molecule has 2 heteroatoms. The van der Waals surface area contributed by atoms with E-state index < -0.39 is 0 Å². The summed E-state index contributed by atoms with van der Waals surface area (Å²) in [5, 5.41) is 0.129. The van der Waals surface area contributed by atoms with Crippen LogP contribution in [-0.4, -0.2) is 7.11 Å². The molecule has 0 N–H and O–H groups in total. The molecule has 0 amide bonds. The Labute approximate surface area is 136 Å². The van der Waals surface area contributed by atoms with E-state index in [1.807, 2.05) is 0 Å². The van der Waals surface area contributed by atoms with E-state index in [4.69, 9.17) is 16.3 Å². The zero-order chi connectivity index (χ0) is 15.7. The van der Waals surface area contributed by atoms with Crippen molar-refractivity contribution in [3.05, 3.63) is 28.8 Å². The third-order valence-corrected chi connectivity index (χ3v) is 4.58. The first-order valence-corrected chi connectivity index (χ1v) is 8.83. The fraction of sp³-hybridized carbons (Fsp3) is 0.684. The first kappa shape index (κ1) is 18.4. The van der Waals surface area contributed by atoms with Crippen molar-refractivity contribution < 1.29 is 4.74 Å². The van der Waals surface area contributed by atoms with Gasteiger partial charge in [0.2, 0.25) is 0 Å². The molecule has 0 saturated heterocycles. The van der Waals surface area contributed by atoms with E-state index in [9.17, 15) is 0 Å². The molecule has 0 heterocycles. The molecule has 1 aromatic carbocycles. The second-order valence-electron chi connectivity index (χ2n) is 6.07. The summed E-state index contributed by atoms with van der Waals surface area (Å²) in [6.07, 6.45) is 10.4. The minimum absolute atomic E-state index is 0.129. The van der Waals surface area contributed by atoms with Gasteiger partial charge in [0.15, 0.2) is 0 Å².